The summed E-state index contributed by atoms with van der Waals surface area (Å²) >= 11 is 5.80. The van der Waals surface area contributed by atoms with Crippen molar-refractivity contribution >= 4 is 17.4 Å². The van der Waals surface area contributed by atoms with Crippen molar-refractivity contribution in [2.45, 2.75) is 6.42 Å². The number of ether oxygens (including phenoxy) is 1. The van der Waals surface area contributed by atoms with Crippen molar-refractivity contribution in [1.29, 1.82) is 0 Å². The van der Waals surface area contributed by atoms with Crippen LogP contribution in [0, 0.1) is 5.82 Å². The summed E-state index contributed by atoms with van der Waals surface area (Å²) in [4.78, 5) is 4.35. The van der Waals surface area contributed by atoms with Crippen LogP contribution >= 0.6 is 11.6 Å². The van der Waals surface area contributed by atoms with Gasteiger partial charge in [0.25, 0.3) is 0 Å². The lowest BCUT2D eigenvalue weighted by Crippen LogP contribution is -2.30. The minimum absolute atomic E-state index is 0.178. The van der Waals surface area contributed by atoms with E-state index in [1.54, 1.807) is 36.4 Å². The average Bonchev–Trinajstić information content (AvgIpc) is 2.52. The van der Waals surface area contributed by atoms with Crippen LogP contribution in [-0.4, -0.2) is 18.9 Å². The third-order valence-electron chi connectivity index (χ3n) is 3.14. The van der Waals surface area contributed by atoms with Crippen LogP contribution in [0.2, 0.25) is 5.02 Å². The highest BCUT2D eigenvalue weighted by Crippen LogP contribution is 2.26. The Morgan fingerprint density at radius 1 is 1.14 bits per heavy atom. The van der Waals surface area contributed by atoms with Gasteiger partial charge in [-0.1, -0.05) is 11.6 Å². The second-order valence-electron chi connectivity index (χ2n) is 4.71. The highest BCUT2D eigenvalue weighted by Gasteiger charge is 2.11. The van der Waals surface area contributed by atoms with E-state index >= 15 is 0 Å². The van der Waals surface area contributed by atoms with E-state index < -0.39 is 5.82 Å². The summed E-state index contributed by atoms with van der Waals surface area (Å²) in [7, 11) is 0. The summed E-state index contributed by atoms with van der Waals surface area (Å²) < 4.78 is 19.6. The summed E-state index contributed by atoms with van der Waals surface area (Å²) in [6.07, 6.45) is 1.00. The van der Waals surface area contributed by atoms with Crippen molar-refractivity contribution in [3.63, 3.8) is 0 Å². The Morgan fingerprint density at radius 3 is 2.62 bits per heavy atom. The van der Waals surface area contributed by atoms with Gasteiger partial charge in [0.2, 0.25) is 0 Å². The number of halogens is 2. The van der Waals surface area contributed by atoms with Gasteiger partial charge in [0, 0.05) is 23.7 Å². The van der Waals surface area contributed by atoms with E-state index in [4.69, 9.17) is 16.3 Å². The fourth-order valence-corrected chi connectivity index (χ4v) is 2.21. The maximum absolute atomic E-state index is 14.1. The van der Waals surface area contributed by atoms with Crippen LogP contribution in [0.1, 0.15) is 12.0 Å². The van der Waals surface area contributed by atoms with Crippen LogP contribution in [0.25, 0.3) is 0 Å². The molecule has 0 saturated heterocycles. The maximum Gasteiger partial charge on any atom is 0.166 e. The van der Waals surface area contributed by atoms with Gasteiger partial charge in [0.05, 0.1) is 0 Å². The molecule has 1 aliphatic rings. The van der Waals surface area contributed by atoms with E-state index in [1.807, 2.05) is 0 Å². The summed E-state index contributed by atoms with van der Waals surface area (Å²) in [5.41, 5.74) is 0.732. The maximum atomic E-state index is 14.1. The van der Waals surface area contributed by atoms with Gasteiger partial charge in [-0.3, -0.25) is 4.99 Å². The number of aliphatic imine (C=N–C) groups is 1. The van der Waals surface area contributed by atoms with Crippen LogP contribution in [0.15, 0.2) is 47.5 Å². The van der Waals surface area contributed by atoms with Crippen molar-refractivity contribution in [1.82, 2.24) is 5.32 Å². The van der Waals surface area contributed by atoms with Gasteiger partial charge in [-0.2, -0.15) is 0 Å². The van der Waals surface area contributed by atoms with Crippen molar-refractivity contribution in [3.05, 3.63) is 58.9 Å². The fourth-order valence-electron chi connectivity index (χ4n) is 2.09. The molecular formula is C16H14ClFN2O. The van der Waals surface area contributed by atoms with Crippen LogP contribution < -0.4 is 10.1 Å². The molecule has 21 heavy (non-hydrogen) atoms. The first-order valence-corrected chi connectivity index (χ1v) is 7.12. The number of hydrogen-bond donors (Lipinski definition) is 1. The molecular weight excluding hydrogens is 291 g/mol. The Labute approximate surface area is 127 Å². The lowest BCUT2D eigenvalue weighted by atomic mass is 10.1. The Morgan fingerprint density at radius 2 is 1.95 bits per heavy atom. The second-order valence-corrected chi connectivity index (χ2v) is 5.15. The highest BCUT2D eigenvalue weighted by molar-refractivity contribution is 6.30. The number of benzene rings is 2. The topological polar surface area (TPSA) is 33.6 Å². The number of hydrogen-bond acceptors (Lipinski definition) is 3. The van der Waals surface area contributed by atoms with Crippen molar-refractivity contribution in [2.24, 2.45) is 4.99 Å². The smallest absolute Gasteiger partial charge is 0.166 e. The average molecular weight is 305 g/mol. The standard InChI is InChI=1S/C16H14ClFN2O/c17-12-3-5-13(6-4-12)21-15-7-2-11(10-14(15)18)16-19-8-1-9-20-16/h2-7,10H,1,8-9H2,(H,19,20). The molecule has 1 N–H and O–H groups in total. The lowest BCUT2D eigenvalue weighted by Gasteiger charge is -2.15. The molecule has 0 radical (unpaired) electrons. The lowest BCUT2D eigenvalue weighted by molar-refractivity contribution is 0.442. The van der Waals surface area contributed by atoms with Crippen LogP contribution in [-0.2, 0) is 0 Å². The van der Waals surface area contributed by atoms with Crippen molar-refractivity contribution in [2.75, 3.05) is 13.1 Å². The normalized spacial score (nSPS) is 14.3. The molecule has 5 heteroatoms. The zero-order valence-electron chi connectivity index (χ0n) is 11.3. The molecule has 0 atom stereocenters. The molecule has 0 amide bonds. The molecule has 2 aromatic carbocycles. The SMILES string of the molecule is Fc1cc(C2=NCCCN2)ccc1Oc1ccc(Cl)cc1. The minimum Gasteiger partial charge on any atom is -0.454 e. The highest BCUT2D eigenvalue weighted by atomic mass is 35.5. The van der Waals surface area contributed by atoms with E-state index in [9.17, 15) is 4.39 Å². The molecule has 0 aromatic heterocycles. The third-order valence-corrected chi connectivity index (χ3v) is 3.40. The molecule has 3 nitrogen and oxygen atoms in total. The number of nitrogens with one attached hydrogen (secondary N) is 1. The Balaban J connectivity index is 1.81. The zero-order valence-corrected chi connectivity index (χ0v) is 12.0. The summed E-state index contributed by atoms with van der Waals surface area (Å²) in [5.74, 6) is 1.03. The third kappa shape index (κ3) is 3.34. The molecule has 0 spiro atoms. The predicted molar refractivity (Wildman–Crippen MR) is 81.9 cm³/mol. The molecule has 0 aliphatic carbocycles. The Bertz CT molecular complexity index is 670. The van der Waals surface area contributed by atoms with Crippen LogP contribution in [0.4, 0.5) is 4.39 Å². The van der Waals surface area contributed by atoms with Crippen molar-refractivity contribution in [3.8, 4) is 11.5 Å². The number of rotatable bonds is 3. The van der Waals surface area contributed by atoms with Crippen LogP contribution in [0.5, 0.6) is 11.5 Å². The first kappa shape index (κ1) is 13.9. The van der Waals surface area contributed by atoms with Gasteiger partial charge in [-0.15, -0.1) is 0 Å². The van der Waals surface area contributed by atoms with E-state index in [0.29, 0.717) is 10.8 Å². The molecule has 1 aliphatic heterocycles. The van der Waals surface area contributed by atoms with E-state index in [0.717, 1.165) is 30.9 Å². The van der Waals surface area contributed by atoms with Gasteiger partial charge in [-0.05, 0) is 48.9 Å². The van der Waals surface area contributed by atoms with E-state index in [2.05, 4.69) is 10.3 Å². The van der Waals surface area contributed by atoms with Crippen molar-refractivity contribution < 1.29 is 9.13 Å². The largest absolute Gasteiger partial charge is 0.454 e. The fraction of sp³-hybridized carbons (Fsp3) is 0.188. The molecule has 0 unspecified atom stereocenters. The molecule has 3 rings (SSSR count). The summed E-state index contributed by atoms with van der Waals surface area (Å²) in [6, 6.07) is 11.6. The number of nitrogens with zero attached hydrogens (tertiary/aromatic N) is 1. The van der Waals surface area contributed by atoms with E-state index in [1.165, 1.54) is 6.07 Å². The van der Waals surface area contributed by atoms with Crippen LogP contribution in [0.3, 0.4) is 0 Å². The molecule has 2 aromatic rings. The summed E-state index contributed by atoms with van der Waals surface area (Å²) in [5, 5.41) is 3.78. The Hall–Kier alpha value is -2.07. The van der Waals surface area contributed by atoms with Gasteiger partial charge in [-0.25, -0.2) is 4.39 Å². The molecule has 1 heterocycles. The Kier molecular flexibility index (Phi) is 4.06. The summed E-state index contributed by atoms with van der Waals surface area (Å²) in [6.45, 7) is 1.64. The van der Waals surface area contributed by atoms with Gasteiger partial charge < -0.3 is 10.1 Å². The minimum atomic E-state index is -0.419. The first-order chi connectivity index (χ1) is 10.2. The monoisotopic (exact) mass is 304 g/mol. The van der Waals surface area contributed by atoms with Gasteiger partial charge in [0.15, 0.2) is 11.6 Å². The molecule has 0 bridgehead atoms. The number of amidine groups is 1. The van der Waals surface area contributed by atoms with E-state index in [-0.39, 0.29) is 5.75 Å². The van der Waals surface area contributed by atoms with Gasteiger partial charge >= 0.3 is 0 Å². The molecule has 108 valence electrons. The predicted octanol–water partition coefficient (Wildman–Crippen LogP) is 4.01. The van der Waals surface area contributed by atoms with Gasteiger partial charge in [0.1, 0.15) is 11.6 Å². The molecule has 0 fully saturated rings. The zero-order chi connectivity index (χ0) is 14.7. The second kappa shape index (κ2) is 6.14. The molecule has 0 saturated carbocycles. The first-order valence-electron chi connectivity index (χ1n) is 6.74. The quantitative estimate of drug-likeness (QED) is 0.929.